The zero-order valence-electron chi connectivity index (χ0n) is 7.98. The van der Waals surface area contributed by atoms with E-state index < -0.39 is 0 Å². The summed E-state index contributed by atoms with van der Waals surface area (Å²) >= 11 is 0. The van der Waals surface area contributed by atoms with Crippen LogP contribution in [0.1, 0.15) is 43.2 Å². The molecular weight excluding hydrogens is 150 g/mol. The topological polar surface area (TPSA) is 26.0 Å². The maximum Gasteiger partial charge on any atom is 0.137 e. The van der Waals surface area contributed by atoms with E-state index in [-0.39, 0.29) is 0 Å². The van der Waals surface area contributed by atoms with Crippen LogP contribution >= 0.6 is 0 Å². The molecule has 0 aliphatic heterocycles. The van der Waals surface area contributed by atoms with E-state index in [2.05, 4.69) is 12.1 Å². The molecule has 0 atom stereocenters. The quantitative estimate of drug-likeness (QED) is 0.673. The van der Waals surface area contributed by atoms with Crippen LogP contribution < -0.4 is 0 Å². The van der Waals surface area contributed by atoms with Crippen LogP contribution in [0.3, 0.4) is 0 Å². The summed E-state index contributed by atoms with van der Waals surface area (Å²) in [5.41, 5.74) is 2.91. The number of nitrogens with zero attached hydrogens (tertiary/aromatic N) is 1. The van der Waals surface area contributed by atoms with Crippen LogP contribution in [-0.2, 0) is 5.41 Å². The predicted octanol–water partition coefficient (Wildman–Crippen LogP) is 2.73. The zero-order valence-corrected chi connectivity index (χ0v) is 7.98. The highest BCUT2D eigenvalue weighted by Gasteiger charge is 2.45. The van der Waals surface area contributed by atoms with Gasteiger partial charge in [0.15, 0.2) is 0 Å². The van der Waals surface area contributed by atoms with Gasteiger partial charge in [-0.05, 0) is 33.1 Å². The Bertz CT molecular complexity index is 277. The Kier molecular flexibility index (Phi) is 1.53. The van der Waals surface area contributed by atoms with Crippen LogP contribution in [0.15, 0.2) is 4.52 Å². The highest BCUT2D eigenvalue weighted by molar-refractivity contribution is 5.35. The molecule has 0 spiro atoms. The molecule has 0 aromatic carbocycles. The summed E-state index contributed by atoms with van der Waals surface area (Å²) in [6, 6.07) is 0. The Balaban J connectivity index is 2.45. The largest absolute Gasteiger partial charge is 0.361 e. The Morgan fingerprint density at radius 1 is 1.42 bits per heavy atom. The van der Waals surface area contributed by atoms with E-state index in [4.69, 9.17) is 4.52 Å². The molecule has 2 heteroatoms. The summed E-state index contributed by atoms with van der Waals surface area (Å²) in [4.78, 5) is 0. The predicted molar refractivity (Wildman–Crippen MR) is 47.2 cm³/mol. The van der Waals surface area contributed by atoms with Crippen molar-refractivity contribution in [2.24, 2.45) is 0 Å². The zero-order chi connectivity index (χ0) is 8.77. The fourth-order valence-electron chi connectivity index (χ4n) is 2.17. The SMILES string of the molecule is CCC1(c2c(C)noc2C)CC1. The molecular formula is C10H15NO. The highest BCUT2D eigenvalue weighted by atomic mass is 16.5. The van der Waals surface area contributed by atoms with Crippen molar-refractivity contribution in [1.29, 1.82) is 0 Å². The van der Waals surface area contributed by atoms with Crippen molar-refractivity contribution < 1.29 is 4.52 Å². The Morgan fingerprint density at radius 2 is 2.08 bits per heavy atom. The molecule has 0 radical (unpaired) electrons. The van der Waals surface area contributed by atoms with E-state index in [1.807, 2.05) is 13.8 Å². The van der Waals surface area contributed by atoms with Gasteiger partial charge in [0.05, 0.1) is 5.69 Å². The maximum atomic E-state index is 5.17. The average molecular weight is 165 g/mol. The monoisotopic (exact) mass is 165 g/mol. The van der Waals surface area contributed by atoms with E-state index in [9.17, 15) is 0 Å². The molecule has 2 nitrogen and oxygen atoms in total. The van der Waals surface area contributed by atoms with Gasteiger partial charge < -0.3 is 4.52 Å². The van der Waals surface area contributed by atoms with Crippen molar-refractivity contribution in [2.75, 3.05) is 0 Å². The third-order valence-corrected chi connectivity index (χ3v) is 3.09. The first-order valence-corrected chi connectivity index (χ1v) is 4.63. The summed E-state index contributed by atoms with van der Waals surface area (Å²) in [5, 5.41) is 4.00. The Labute approximate surface area is 72.9 Å². The lowest BCUT2D eigenvalue weighted by atomic mass is 9.92. The van der Waals surface area contributed by atoms with Gasteiger partial charge in [-0.3, -0.25) is 0 Å². The summed E-state index contributed by atoms with van der Waals surface area (Å²) in [6.07, 6.45) is 3.84. The molecule has 66 valence electrons. The fraction of sp³-hybridized carbons (Fsp3) is 0.700. The molecule has 2 rings (SSSR count). The first-order valence-electron chi connectivity index (χ1n) is 4.63. The molecule has 1 fully saturated rings. The number of hydrogen-bond donors (Lipinski definition) is 0. The van der Waals surface area contributed by atoms with Gasteiger partial charge in [-0.2, -0.15) is 0 Å². The van der Waals surface area contributed by atoms with Crippen LogP contribution in [-0.4, -0.2) is 5.16 Å². The highest BCUT2D eigenvalue weighted by Crippen LogP contribution is 2.52. The molecule has 0 amide bonds. The van der Waals surface area contributed by atoms with Gasteiger partial charge in [-0.25, -0.2) is 0 Å². The molecule has 1 aromatic rings. The summed E-state index contributed by atoms with van der Waals surface area (Å²) < 4.78 is 5.17. The lowest BCUT2D eigenvalue weighted by Gasteiger charge is -2.10. The Hall–Kier alpha value is -0.790. The van der Waals surface area contributed by atoms with Crippen LogP contribution in [0.25, 0.3) is 0 Å². The van der Waals surface area contributed by atoms with Gasteiger partial charge in [-0.1, -0.05) is 12.1 Å². The summed E-state index contributed by atoms with van der Waals surface area (Å²) in [5.74, 6) is 1.02. The van der Waals surface area contributed by atoms with Crippen molar-refractivity contribution in [1.82, 2.24) is 5.16 Å². The number of aromatic nitrogens is 1. The third-order valence-electron chi connectivity index (χ3n) is 3.09. The van der Waals surface area contributed by atoms with E-state index in [1.54, 1.807) is 0 Å². The minimum Gasteiger partial charge on any atom is -0.361 e. The molecule has 1 saturated carbocycles. The molecule has 0 saturated heterocycles. The van der Waals surface area contributed by atoms with Crippen LogP contribution in [0.2, 0.25) is 0 Å². The molecule has 1 aliphatic carbocycles. The Morgan fingerprint density at radius 3 is 2.42 bits per heavy atom. The molecule has 1 heterocycles. The summed E-state index contributed by atoms with van der Waals surface area (Å²) in [7, 11) is 0. The minimum atomic E-state index is 0.439. The molecule has 0 N–H and O–H groups in total. The first-order chi connectivity index (χ1) is 5.69. The van der Waals surface area contributed by atoms with Gasteiger partial charge in [-0.15, -0.1) is 0 Å². The third kappa shape index (κ3) is 0.904. The molecule has 1 aromatic heterocycles. The average Bonchev–Trinajstić information content (AvgIpc) is 2.77. The maximum absolute atomic E-state index is 5.17. The van der Waals surface area contributed by atoms with Crippen molar-refractivity contribution >= 4 is 0 Å². The minimum absolute atomic E-state index is 0.439. The normalized spacial score (nSPS) is 19.6. The van der Waals surface area contributed by atoms with Crippen LogP contribution in [0.5, 0.6) is 0 Å². The van der Waals surface area contributed by atoms with Gasteiger partial charge in [0.2, 0.25) is 0 Å². The lowest BCUT2D eigenvalue weighted by Crippen LogP contribution is -2.06. The number of hydrogen-bond acceptors (Lipinski definition) is 2. The van der Waals surface area contributed by atoms with Crippen molar-refractivity contribution in [3.63, 3.8) is 0 Å². The second kappa shape index (κ2) is 2.35. The van der Waals surface area contributed by atoms with Gasteiger partial charge >= 0.3 is 0 Å². The van der Waals surface area contributed by atoms with E-state index in [0.717, 1.165) is 11.5 Å². The molecule has 0 bridgehead atoms. The molecule has 1 aliphatic rings. The molecule has 12 heavy (non-hydrogen) atoms. The van der Waals surface area contributed by atoms with Gasteiger partial charge in [0, 0.05) is 11.0 Å². The van der Waals surface area contributed by atoms with E-state index >= 15 is 0 Å². The second-order valence-electron chi connectivity index (χ2n) is 3.83. The summed E-state index contributed by atoms with van der Waals surface area (Å²) in [6.45, 7) is 6.31. The van der Waals surface area contributed by atoms with E-state index in [1.165, 1.54) is 24.8 Å². The number of aryl methyl sites for hydroxylation is 2. The van der Waals surface area contributed by atoms with Crippen LogP contribution in [0.4, 0.5) is 0 Å². The number of rotatable bonds is 2. The standard InChI is InChI=1S/C10H15NO/c1-4-10(5-6-10)9-7(2)11-12-8(9)3/h4-6H2,1-3H3. The van der Waals surface area contributed by atoms with Crippen LogP contribution in [0, 0.1) is 13.8 Å². The first kappa shape index (κ1) is 7.84. The van der Waals surface area contributed by atoms with Gasteiger partial charge in [0.1, 0.15) is 5.76 Å². The molecule has 0 unspecified atom stereocenters. The van der Waals surface area contributed by atoms with Gasteiger partial charge in [0.25, 0.3) is 0 Å². The van der Waals surface area contributed by atoms with Crippen molar-refractivity contribution in [3.05, 3.63) is 17.0 Å². The second-order valence-corrected chi connectivity index (χ2v) is 3.83. The smallest absolute Gasteiger partial charge is 0.137 e. The van der Waals surface area contributed by atoms with Crippen molar-refractivity contribution in [3.8, 4) is 0 Å². The lowest BCUT2D eigenvalue weighted by molar-refractivity contribution is 0.391. The van der Waals surface area contributed by atoms with E-state index in [0.29, 0.717) is 5.41 Å². The van der Waals surface area contributed by atoms with Crippen molar-refractivity contribution in [2.45, 2.75) is 45.4 Å². The fourth-order valence-corrected chi connectivity index (χ4v) is 2.17.